The second-order valence-electron chi connectivity index (χ2n) is 7.83. The van der Waals surface area contributed by atoms with Crippen LogP contribution in [0.5, 0.6) is 0 Å². The van der Waals surface area contributed by atoms with Gasteiger partial charge in [-0.3, -0.25) is 19.9 Å². The third kappa shape index (κ3) is 3.59. The number of rotatable bonds is 5. The first-order chi connectivity index (χ1) is 14.9. The average Bonchev–Trinajstić information content (AvgIpc) is 2.78. The number of nitrogens with zero attached hydrogens (tertiary/aromatic N) is 3. The number of nitro groups is 1. The zero-order chi connectivity index (χ0) is 22.1. The van der Waals surface area contributed by atoms with Gasteiger partial charge in [0.1, 0.15) is 0 Å². The Hall–Kier alpha value is -3.51. The molecule has 0 saturated heterocycles. The van der Waals surface area contributed by atoms with Gasteiger partial charge in [-0.25, -0.2) is 5.01 Å². The molecule has 2 aromatic carbocycles. The average molecular weight is 415 g/mol. The van der Waals surface area contributed by atoms with Crippen LogP contribution < -0.4 is 0 Å². The second kappa shape index (κ2) is 8.32. The highest BCUT2D eigenvalue weighted by Gasteiger charge is 2.32. The van der Waals surface area contributed by atoms with Gasteiger partial charge in [0.05, 0.1) is 16.2 Å². The minimum absolute atomic E-state index is 0.0476. The van der Waals surface area contributed by atoms with Crippen LogP contribution in [0.1, 0.15) is 36.5 Å². The zero-order valence-corrected chi connectivity index (χ0v) is 18.0. The fourth-order valence-electron chi connectivity index (χ4n) is 4.39. The molecule has 0 radical (unpaired) electrons. The van der Waals surface area contributed by atoms with Crippen molar-refractivity contribution in [1.29, 1.82) is 0 Å². The molecule has 1 aliphatic heterocycles. The number of nitro benzene ring substituents is 1. The van der Waals surface area contributed by atoms with Gasteiger partial charge in [0.15, 0.2) is 5.78 Å². The first-order valence-corrected chi connectivity index (χ1v) is 10.4. The van der Waals surface area contributed by atoms with Crippen LogP contribution in [0.25, 0.3) is 11.3 Å². The van der Waals surface area contributed by atoms with E-state index in [-0.39, 0.29) is 17.9 Å². The number of aryl methyl sites for hydroxylation is 1. The molecule has 0 aromatic heterocycles. The third-order valence-electron chi connectivity index (χ3n) is 5.81. The van der Waals surface area contributed by atoms with E-state index in [1.807, 2.05) is 43.5 Å². The van der Waals surface area contributed by atoms with E-state index in [2.05, 4.69) is 17.1 Å². The van der Waals surface area contributed by atoms with Gasteiger partial charge in [-0.2, -0.15) is 0 Å². The van der Waals surface area contributed by atoms with Crippen molar-refractivity contribution in [3.63, 3.8) is 0 Å². The van der Waals surface area contributed by atoms with E-state index in [4.69, 9.17) is 0 Å². The topological polar surface area (TPSA) is 66.7 Å². The summed E-state index contributed by atoms with van der Waals surface area (Å²) in [7, 11) is 3.95. The van der Waals surface area contributed by atoms with Gasteiger partial charge in [0.25, 0.3) is 5.69 Å². The first-order valence-electron chi connectivity index (χ1n) is 10.4. The highest BCUT2D eigenvalue weighted by molar-refractivity contribution is 6.24. The minimum atomic E-state index is -0.414. The van der Waals surface area contributed by atoms with Crippen LogP contribution in [0.3, 0.4) is 0 Å². The summed E-state index contributed by atoms with van der Waals surface area (Å²) >= 11 is 0. The Morgan fingerprint density at radius 1 is 1.10 bits per heavy atom. The lowest BCUT2D eigenvalue weighted by Gasteiger charge is -2.38. The van der Waals surface area contributed by atoms with Crippen LogP contribution in [0.4, 0.5) is 5.69 Å². The highest BCUT2D eigenvalue weighted by atomic mass is 16.6. The number of carbonyl (C=O) groups excluding carboxylic acids is 1. The molecule has 1 aliphatic carbocycles. The predicted octanol–water partition coefficient (Wildman–Crippen LogP) is 4.99. The number of benzene rings is 2. The Balaban J connectivity index is 2.05. The van der Waals surface area contributed by atoms with Crippen molar-refractivity contribution in [2.45, 2.75) is 26.2 Å². The number of fused-ring (bicyclic) bond motifs is 2. The molecule has 158 valence electrons. The largest absolute Gasteiger partial charge is 0.294 e. The monoisotopic (exact) mass is 415 g/mol. The first kappa shape index (κ1) is 20.8. The van der Waals surface area contributed by atoms with Crippen molar-refractivity contribution < 1.29 is 9.72 Å². The van der Waals surface area contributed by atoms with E-state index < -0.39 is 4.92 Å². The lowest BCUT2D eigenvalue weighted by atomic mass is 9.80. The highest BCUT2D eigenvalue weighted by Crippen LogP contribution is 2.44. The lowest BCUT2D eigenvalue weighted by molar-refractivity contribution is -0.385. The second-order valence-corrected chi connectivity index (χ2v) is 7.83. The Morgan fingerprint density at radius 2 is 1.81 bits per heavy atom. The maximum absolute atomic E-state index is 13.2. The molecular formula is C25H25N3O3. The summed E-state index contributed by atoms with van der Waals surface area (Å²) in [6.45, 7) is 1.79. The molecule has 6 heteroatoms. The van der Waals surface area contributed by atoms with Gasteiger partial charge in [-0.15, -0.1) is 0 Å². The number of hydrogen-bond donors (Lipinski definition) is 0. The molecule has 0 atom stereocenters. The summed E-state index contributed by atoms with van der Waals surface area (Å²) in [6.07, 6.45) is 5.76. The fraction of sp³-hybridized carbons (Fsp3) is 0.240. The molecule has 0 unspecified atom stereocenters. The SMILES string of the molecule is CCC(=O)/C(=C1/C=CN(N(C)C)C2=C1CCc1ccccc12)c1ccccc1[N+](=O)[O-]. The van der Waals surface area contributed by atoms with Crippen LogP contribution in [0, 0.1) is 10.1 Å². The van der Waals surface area contributed by atoms with Crippen LogP contribution in [-0.2, 0) is 11.2 Å². The predicted molar refractivity (Wildman–Crippen MR) is 122 cm³/mol. The minimum Gasteiger partial charge on any atom is -0.294 e. The number of hydrazine groups is 1. The van der Waals surface area contributed by atoms with Gasteiger partial charge in [-0.1, -0.05) is 43.3 Å². The Bertz CT molecular complexity index is 1160. The van der Waals surface area contributed by atoms with Crippen molar-refractivity contribution >= 4 is 22.7 Å². The molecule has 0 amide bonds. The van der Waals surface area contributed by atoms with Gasteiger partial charge < -0.3 is 0 Å². The van der Waals surface area contributed by atoms with Gasteiger partial charge in [0, 0.05) is 43.9 Å². The Labute approximate surface area is 181 Å². The number of Topliss-reactive ketones (excluding diaryl/α,β-unsaturated/α-hetero) is 1. The molecule has 4 rings (SSSR count). The summed E-state index contributed by atoms with van der Waals surface area (Å²) in [5.41, 5.74) is 6.01. The Kier molecular flexibility index (Phi) is 5.57. The maximum Gasteiger partial charge on any atom is 0.277 e. The molecule has 0 saturated carbocycles. The molecule has 0 bridgehead atoms. The number of hydrogen-bond acceptors (Lipinski definition) is 5. The van der Waals surface area contributed by atoms with E-state index in [0.29, 0.717) is 11.1 Å². The summed E-state index contributed by atoms with van der Waals surface area (Å²) in [5, 5.41) is 15.8. The summed E-state index contributed by atoms with van der Waals surface area (Å²) in [4.78, 5) is 24.5. The number of carbonyl (C=O) groups is 1. The summed E-state index contributed by atoms with van der Waals surface area (Å²) in [6, 6.07) is 14.8. The molecule has 6 nitrogen and oxygen atoms in total. The van der Waals surface area contributed by atoms with Crippen LogP contribution >= 0.6 is 0 Å². The number of ketones is 1. The van der Waals surface area contributed by atoms with Crippen molar-refractivity contribution in [2.75, 3.05) is 14.1 Å². The van der Waals surface area contributed by atoms with E-state index in [1.165, 1.54) is 11.6 Å². The van der Waals surface area contributed by atoms with E-state index >= 15 is 0 Å². The number of para-hydroxylation sites is 1. The van der Waals surface area contributed by atoms with Crippen molar-refractivity contribution in [1.82, 2.24) is 10.0 Å². The molecule has 2 aromatic rings. The molecular weight excluding hydrogens is 390 g/mol. The van der Waals surface area contributed by atoms with Gasteiger partial charge in [-0.05, 0) is 41.7 Å². The van der Waals surface area contributed by atoms with Crippen molar-refractivity contribution in [2.24, 2.45) is 0 Å². The zero-order valence-electron chi connectivity index (χ0n) is 18.0. The van der Waals surface area contributed by atoms with Crippen LogP contribution in [-0.4, -0.2) is 34.8 Å². The van der Waals surface area contributed by atoms with Gasteiger partial charge in [0.2, 0.25) is 0 Å². The number of allylic oxidation sites excluding steroid dienone is 4. The molecule has 31 heavy (non-hydrogen) atoms. The van der Waals surface area contributed by atoms with E-state index in [9.17, 15) is 14.9 Å². The Morgan fingerprint density at radius 3 is 2.52 bits per heavy atom. The van der Waals surface area contributed by atoms with E-state index in [1.54, 1.807) is 25.1 Å². The summed E-state index contributed by atoms with van der Waals surface area (Å²) in [5.74, 6) is -0.0991. The molecule has 2 aliphatic rings. The molecule has 0 N–H and O–H groups in total. The van der Waals surface area contributed by atoms with Crippen LogP contribution in [0.15, 0.2) is 72.0 Å². The normalized spacial score (nSPS) is 16.8. The lowest BCUT2D eigenvalue weighted by Crippen LogP contribution is -2.35. The smallest absolute Gasteiger partial charge is 0.277 e. The standard InChI is InChI=1S/C25H25N3O3/c1-4-23(29)24(21-11-7-8-12-22(21)28(30)31)19-15-16-27(26(2)3)25-18-10-6-5-9-17(18)13-14-20(19)25/h5-12,15-16H,4,13-14H2,1-3H3/b24-19-. The van der Waals surface area contributed by atoms with Crippen molar-refractivity contribution in [3.8, 4) is 0 Å². The molecule has 1 heterocycles. The van der Waals surface area contributed by atoms with E-state index in [0.717, 1.165) is 35.2 Å². The maximum atomic E-state index is 13.2. The third-order valence-corrected chi connectivity index (χ3v) is 5.81. The van der Waals surface area contributed by atoms with Gasteiger partial charge >= 0.3 is 0 Å². The molecule has 0 fully saturated rings. The quantitative estimate of drug-likeness (QED) is 0.391. The van der Waals surface area contributed by atoms with Crippen LogP contribution in [0.2, 0.25) is 0 Å². The van der Waals surface area contributed by atoms with Crippen molar-refractivity contribution in [3.05, 3.63) is 98.8 Å². The summed E-state index contributed by atoms with van der Waals surface area (Å²) < 4.78 is 0. The fourth-order valence-corrected chi connectivity index (χ4v) is 4.39. The molecule has 0 spiro atoms.